The molecule has 0 saturated carbocycles. The number of hydrogen-bond donors (Lipinski definition) is 2. The third-order valence-corrected chi connectivity index (χ3v) is 8.98. The molecule has 0 spiro atoms. The number of thiophene rings is 1. The van der Waals surface area contributed by atoms with Gasteiger partial charge >= 0.3 is 0 Å². The number of fused-ring (bicyclic) bond motifs is 4. The minimum atomic E-state index is -0.711. The standard InChI is InChI=1S/C29H27N5O5S2/c1-2-24(27(36)31-17-9-11-22-23(14-17)39-16-38-22)41-29-33-20-8-4-3-7-19(20)26-32-21(28(37)34(26)29)10-12-25(35)30-15-18-6-5-13-40-18/h3-9,11,13-14,21,24H,2,10,12,15-16H2,1H3,(H,30,35)(H,31,36)/t21-,24+/m1/s1. The normalized spacial score (nSPS) is 17.3. The van der Waals surface area contributed by atoms with Crippen LogP contribution in [0.4, 0.5) is 11.4 Å². The van der Waals surface area contributed by atoms with Crippen molar-refractivity contribution in [2.45, 2.75) is 44.0 Å². The molecule has 3 aliphatic rings. The third-order valence-electron chi connectivity index (χ3n) is 6.78. The lowest BCUT2D eigenvalue weighted by molar-refractivity contribution is -0.125. The van der Waals surface area contributed by atoms with E-state index in [0.29, 0.717) is 46.8 Å². The number of amides is 3. The molecular formula is C29H27N5O5S2. The molecule has 2 N–H and O–H groups in total. The Hall–Kier alpha value is -4.16. The van der Waals surface area contributed by atoms with E-state index in [0.717, 1.165) is 10.4 Å². The van der Waals surface area contributed by atoms with E-state index in [1.807, 2.05) is 48.7 Å². The Balaban J connectivity index is 1.16. The first-order valence-corrected chi connectivity index (χ1v) is 15.0. The Kier molecular flexibility index (Phi) is 7.75. The van der Waals surface area contributed by atoms with Crippen molar-refractivity contribution in [2.75, 3.05) is 12.1 Å². The van der Waals surface area contributed by atoms with Gasteiger partial charge in [-0.25, -0.2) is 9.89 Å². The summed E-state index contributed by atoms with van der Waals surface area (Å²) in [5, 5.41) is 7.67. The quantitative estimate of drug-likeness (QED) is 0.374. The van der Waals surface area contributed by atoms with E-state index in [1.54, 1.807) is 29.5 Å². The van der Waals surface area contributed by atoms with Crippen molar-refractivity contribution < 1.29 is 23.9 Å². The molecule has 6 rings (SSSR count). The van der Waals surface area contributed by atoms with Crippen molar-refractivity contribution in [2.24, 2.45) is 9.98 Å². The molecule has 12 heteroatoms. The maximum Gasteiger partial charge on any atom is 0.259 e. The molecule has 3 aliphatic heterocycles. The molecule has 1 aromatic heterocycles. The largest absolute Gasteiger partial charge is 0.454 e. The Morgan fingerprint density at radius 1 is 1.15 bits per heavy atom. The van der Waals surface area contributed by atoms with E-state index in [-0.39, 0.29) is 37.4 Å². The van der Waals surface area contributed by atoms with Gasteiger partial charge in [0.15, 0.2) is 16.7 Å². The molecule has 0 aliphatic carbocycles. The number of carbonyl (C=O) groups is 3. The van der Waals surface area contributed by atoms with Crippen LogP contribution < -0.4 is 20.1 Å². The van der Waals surface area contributed by atoms with Crippen LogP contribution in [0.1, 0.15) is 36.6 Å². The van der Waals surface area contributed by atoms with Crippen molar-refractivity contribution in [1.29, 1.82) is 0 Å². The zero-order chi connectivity index (χ0) is 28.3. The highest BCUT2D eigenvalue weighted by Gasteiger charge is 2.42. The minimum absolute atomic E-state index is 0.133. The van der Waals surface area contributed by atoms with Crippen molar-refractivity contribution in [3.63, 3.8) is 0 Å². The van der Waals surface area contributed by atoms with Gasteiger partial charge in [0.05, 0.1) is 17.5 Å². The van der Waals surface area contributed by atoms with Crippen LogP contribution >= 0.6 is 23.1 Å². The monoisotopic (exact) mass is 589 g/mol. The summed E-state index contributed by atoms with van der Waals surface area (Å²) >= 11 is 2.80. The van der Waals surface area contributed by atoms with Crippen LogP contribution in [0.5, 0.6) is 11.5 Å². The van der Waals surface area contributed by atoms with Gasteiger partial charge in [0.2, 0.25) is 18.6 Å². The lowest BCUT2D eigenvalue weighted by Gasteiger charge is -2.27. The topological polar surface area (TPSA) is 122 Å². The number of benzene rings is 2. The lowest BCUT2D eigenvalue weighted by Crippen LogP contribution is -2.42. The van der Waals surface area contributed by atoms with Crippen LogP contribution in [-0.4, -0.2) is 51.7 Å². The summed E-state index contributed by atoms with van der Waals surface area (Å²) in [5.41, 5.74) is 2.01. The second-order valence-corrected chi connectivity index (χ2v) is 11.7. The fourth-order valence-electron chi connectivity index (χ4n) is 4.67. The molecule has 2 atom stereocenters. The summed E-state index contributed by atoms with van der Waals surface area (Å²) in [7, 11) is 0. The first-order valence-electron chi connectivity index (χ1n) is 13.3. The molecule has 4 heterocycles. The average molecular weight is 590 g/mol. The second kappa shape index (κ2) is 11.8. The Bertz CT molecular complexity index is 1550. The molecule has 41 heavy (non-hydrogen) atoms. The summed E-state index contributed by atoms with van der Waals surface area (Å²) in [4.78, 5) is 51.5. The van der Waals surface area contributed by atoms with Crippen LogP contribution in [0.25, 0.3) is 0 Å². The lowest BCUT2D eigenvalue weighted by atomic mass is 10.1. The molecule has 0 fully saturated rings. The highest BCUT2D eigenvalue weighted by atomic mass is 32.2. The Morgan fingerprint density at radius 2 is 2.00 bits per heavy atom. The second-order valence-electron chi connectivity index (χ2n) is 9.52. The van der Waals surface area contributed by atoms with Crippen LogP contribution in [0, 0.1) is 0 Å². The van der Waals surface area contributed by atoms with Gasteiger partial charge in [-0.05, 0) is 48.6 Å². The van der Waals surface area contributed by atoms with Gasteiger partial charge in [-0.15, -0.1) is 11.3 Å². The van der Waals surface area contributed by atoms with Gasteiger partial charge in [0.1, 0.15) is 11.9 Å². The van der Waals surface area contributed by atoms with Gasteiger partial charge in [-0.3, -0.25) is 19.4 Å². The zero-order valence-electron chi connectivity index (χ0n) is 22.2. The number of nitrogens with zero attached hydrogens (tertiary/aromatic N) is 3. The van der Waals surface area contributed by atoms with E-state index in [4.69, 9.17) is 19.5 Å². The predicted molar refractivity (Wildman–Crippen MR) is 159 cm³/mol. The Labute approximate surface area is 244 Å². The number of ether oxygens (including phenoxy) is 2. The predicted octanol–water partition coefficient (Wildman–Crippen LogP) is 4.68. The van der Waals surface area contributed by atoms with Crippen LogP contribution in [0.2, 0.25) is 0 Å². The molecule has 0 unspecified atom stereocenters. The third kappa shape index (κ3) is 5.70. The van der Waals surface area contributed by atoms with Crippen molar-refractivity contribution >= 4 is 63.2 Å². The molecule has 0 saturated heterocycles. The molecule has 3 amide bonds. The van der Waals surface area contributed by atoms with Gasteiger partial charge in [-0.1, -0.05) is 36.9 Å². The summed E-state index contributed by atoms with van der Waals surface area (Å²) in [6, 6.07) is 15.9. The molecule has 0 bridgehead atoms. The molecule has 2 aromatic carbocycles. The van der Waals surface area contributed by atoms with E-state index >= 15 is 0 Å². The number of amidine groups is 2. The zero-order valence-corrected chi connectivity index (χ0v) is 23.8. The molecule has 3 aromatic rings. The fourth-order valence-corrected chi connectivity index (χ4v) is 6.34. The summed E-state index contributed by atoms with van der Waals surface area (Å²) in [5.74, 6) is 1.10. The van der Waals surface area contributed by atoms with Crippen molar-refractivity contribution in [3.05, 3.63) is 70.4 Å². The van der Waals surface area contributed by atoms with Crippen LogP contribution in [0.3, 0.4) is 0 Å². The maximum atomic E-state index is 13.6. The number of carbonyl (C=O) groups excluding carboxylic acids is 3. The first kappa shape index (κ1) is 27.0. The smallest absolute Gasteiger partial charge is 0.259 e. The van der Waals surface area contributed by atoms with Gasteiger partial charge in [0.25, 0.3) is 5.91 Å². The van der Waals surface area contributed by atoms with E-state index < -0.39 is 11.3 Å². The molecule has 10 nitrogen and oxygen atoms in total. The number of aliphatic imine (C=N–C) groups is 2. The van der Waals surface area contributed by atoms with E-state index in [9.17, 15) is 14.4 Å². The highest BCUT2D eigenvalue weighted by molar-refractivity contribution is 8.15. The van der Waals surface area contributed by atoms with E-state index in [1.165, 1.54) is 16.7 Å². The highest BCUT2D eigenvalue weighted by Crippen LogP contribution is 2.37. The molecular weight excluding hydrogens is 562 g/mol. The number of rotatable bonds is 9. The molecule has 0 radical (unpaired) electrons. The number of para-hydroxylation sites is 1. The SMILES string of the molecule is CC[C@H](SC1=Nc2ccccc2C2=N[C@H](CCC(=O)NCc3cccs3)C(=O)N12)C(=O)Nc1ccc2c(c1)OCO2. The Morgan fingerprint density at radius 3 is 2.83 bits per heavy atom. The number of anilines is 1. The minimum Gasteiger partial charge on any atom is -0.454 e. The fraction of sp³-hybridized carbons (Fsp3) is 0.276. The van der Waals surface area contributed by atoms with Crippen molar-refractivity contribution in [1.82, 2.24) is 10.2 Å². The summed E-state index contributed by atoms with van der Waals surface area (Å²) in [6.45, 7) is 2.52. The summed E-state index contributed by atoms with van der Waals surface area (Å²) < 4.78 is 10.8. The van der Waals surface area contributed by atoms with Crippen LogP contribution in [-0.2, 0) is 20.9 Å². The number of nitrogens with one attached hydrogen (secondary N) is 2. The summed E-state index contributed by atoms with van der Waals surface area (Å²) in [6.07, 6.45) is 0.949. The van der Waals surface area contributed by atoms with E-state index in [2.05, 4.69) is 10.6 Å². The van der Waals surface area contributed by atoms with Crippen molar-refractivity contribution in [3.8, 4) is 11.5 Å². The first-order chi connectivity index (χ1) is 20.0. The average Bonchev–Trinajstić information content (AvgIpc) is 3.74. The van der Waals surface area contributed by atoms with Gasteiger partial charge in [0, 0.05) is 28.6 Å². The molecule has 210 valence electrons. The number of thioether (sulfide) groups is 1. The number of hydrogen-bond acceptors (Lipinski definition) is 9. The van der Waals surface area contributed by atoms with Gasteiger partial charge < -0.3 is 20.1 Å². The maximum absolute atomic E-state index is 13.6. The van der Waals surface area contributed by atoms with Gasteiger partial charge in [-0.2, -0.15) is 0 Å². The van der Waals surface area contributed by atoms with Crippen LogP contribution in [0.15, 0.2) is 70.0 Å².